The van der Waals surface area contributed by atoms with Crippen molar-refractivity contribution in [1.29, 1.82) is 5.26 Å². The molecular formula is C24H24N6O4S. The van der Waals surface area contributed by atoms with Gasteiger partial charge in [0, 0.05) is 23.6 Å². The molecule has 2 aliphatic heterocycles. The maximum absolute atomic E-state index is 12.4. The molecule has 0 N–H and O–H groups in total. The molecule has 3 aromatic rings. The van der Waals surface area contributed by atoms with Crippen molar-refractivity contribution in [1.82, 2.24) is 20.0 Å². The fraction of sp³-hybridized carbons (Fsp3) is 0.375. The van der Waals surface area contributed by atoms with E-state index in [0.717, 1.165) is 16.8 Å². The highest BCUT2D eigenvalue weighted by Gasteiger charge is 2.40. The van der Waals surface area contributed by atoms with Crippen molar-refractivity contribution in [3.05, 3.63) is 60.7 Å². The summed E-state index contributed by atoms with van der Waals surface area (Å²) in [6.45, 7) is 2.73. The molecule has 0 saturated carbocycles. The Balaban J connectivity index is 1.27. The Bertz CT molecular complexity index is 1350. The molecular weight excluding hydrogens is 468 g/mol. The fourth-order valence-corrected chi connectivity index (χ4v) is 7.11. The zero-order chi connectivity index (χ0) is 24.6. The monoisotopic (exact) mass is 492 g/mol. The van der Waals surface area contributed by atoms with Crippen LogP contribution < -0.4 is 4.90 Å². The highest BCUT2D eigenvalue weighted by Crippen LogP contribution is 2.36. The third-order valence-corrected chi connectivity index (χ3v) is 8.54. The molecule has 1 unspecified atom stereocenters. The lowest BCUT2D eigenvalue weighted by Crippen LogP contribution is -2.26. The largest absolute Gasteiger partial charge is 0.442 e. The van der Waals surface area contributed by atoms with E-state index in [4.69, 9.17) is 4.74 Å². The Hall–Kier alpha value is -3.78. The minimum absolute atomic E-state index is 0.0237. The van der Waals surface area contributed by atoms with Crippen LogP contribution in [0.4, 0.5) is 10.5 Å². The Morgan fingerprint density at radius 3 is 2.54 bits per heavy atom. The van der Waals surface area contributed by atoms with E-state index < -0.39 is 21.8 Å². The molecule has 2 aromatic heterocycles. The van der Waals surface area contributed by atoms with Crippen LogP contribution in [0.25, 0.3) is 11.1 Å². The highest BCUT2D eigenvalue weighted by atomic mass is 32.2. The number of nitriles is 1. The smallest absolute Gasteiger partial charge is 0.414 e. The lowest BCUT2D eigenvalue weighted by Gasteiger charge is -2.19. The zero-order valence-corrected chi connectivity index (χ0v) is 19.9. The van der Waals surface area contributed by atoms with E-state index in [1.165, 1.54) is 0 Å². The summed E-state index contributed by atoms with van der Waals surface area (Å²) >= 11 is 0. The Labute approximate surface area is 203 Å². The molecule has 2 saturated heterocycles. The van der Waals surface area contributed by atoms with Crippen LogP contribution in [-0.2, 0) is 21.1 Å². The first kappa shape index (κ1) is 23.0. The van der Waals surface area contributed by atoms with Gasteiger partial charge in [-0.25, -0.2) is 17.9 Å². The summed E-state index contributed by atoms with van der Waals surface area (Å²) in [4.78, 5) is 18.4. The van der Waals surface area contributed by atoms with E-state index in [0.29, 0.717) is 18.8 Å². The number of aromatic nitrogens is 4. The molecule has 0 bridgehead atoms. The summed E-state index contributed by atoms with van der Waals surface area (Å²) in [6, 6.07) is 13.4. The fourth-order valence-electron chi connectivity index (χ4n) is 4.82. The Kier molecular flexibility index (Phi) is 5.98. The molecule has 0 spiro atoms. The number of ether oxygens (including phenoxy) is 1. The third kappa shape index (κ3) is 4.74. The van der Waals surface area contributed by atoms with Crippen LogP contribution in [0, 0.1) is 23.2 Å². The van der Waals surface area contributed by atoms with Crippen molar-refractivity contribution in [3.63, 3.8) is 0 Å². The molecule has 0 radical (unpaired) electrons. The topological polar surface area (TPSA) is 131 Å². The van der Waals surface area contributed by atoms with E-state index >= 15 is 0 Å². The molecule has 4 heterocycles. The predicted molar refractivity (Wildman–Crippen MR) is 127 cm³/mol. The number of carbonyl (C=O) groups excluding carboxylic acids is 1. The van der Waals surface area contributed by atoms with Gasteiger partial charge >= 0.3 is 6.09 Å². The average molecular weight is 493 g/mol. The summed E-state index contributed by atoms with van der Waals surface area (Å²) in [5, 5.41) is 17.4. The number of pyridine rings is 1. The summed E-state index contributed by atoms with van der Waals surface area (Å²) in [7, 11) is -3.11. The molecule has 180 valence electrons. The molecule has 4 atom stereocenters. The third-order valence-electron chi connectivity index (χ3n) is 6.62. The molecule has 10 nitrogen and oxygen atoms in total. The van der Waals surface area contributed by atoms with Crippen LogP contribution in [0.15, 0.2) is 55.0 Å². The number of sulfone groups is 1. The van der Waals surface area contributed by atoms with Crippen LogP contribution in [-0.4, -0.2) is 58.6 Å². The number of hydrogen-bond donors (Lipinski definition) is 0. The van der Waals surface area contributed by atoms with E-state index in [9.17, 15) is 18.5 Å². The number of cyclic esters (lactones) is 1. The SMILES string of the molecule is C[C@H]1CS(=O)(=O)C[C@H]1C(C#N)c1ccc(-c2ccc(N3C[C@H](Cn4ccnn4)OC3=O)cc2)cn1. The van der Waals surface area contributed by atoms with Crippen molar-refractivity contribution in [3.8, 4) is 17.2 Å². The molecule has 35 heavy (non-hydrogen) atoms. The number of carbonyl (C=O) groups is 1. The standard InChI is InChI=1S/C24H24N6O4S/c1-16-14-35(32,33)15-22(16)21(10-25)23-7-4-18(11-26-23)17-2-5-19(6-3-17)30-13-20(34-24(30)31)12-29-9-8-27-28-29/h2-9,11,16,20-22H,12-15H2,1H3/t16-,20-,21?,22+/m0/s1. The van der Waals surface area contributed by atoms with Crippen LogP contribution in [0.5, 0.6) is 0 Å². The molecule has 2 fully saturated rings. The van der Waals surface area contributed by atoms with Crippen molar-refractivity contribution in [2.75, 3.05) is 23.0 Å². The number of anilines is 1. The Morgan fingerprint density at radius 2 is 1.94 bits per heavy atom. The van der Waals surface area contributed by atoms with Gasteiger partial charge in [0.05, 0.1) is 48.5 Å². The van der Waals surface area contributed by atoms with Gasteiger partial charge in [-0.1, -0.05) is 30.3 Å². The summed E-state index contributed by atoms with van der Waals surface area (Å²) in [5.74, 6) is -0.754. The lowest BCUT2D eigenvalue weighted by molar-refractivity contribution is 0.129. The van der Waals surface area contributed by atoms with Crippen molar-refractivity contribution in [2.45, 2.75) is 25.5 Å². The summed E-state index contributed by atoms with van der Waals surface area (Å²) < 4.78 is 31.1. The van der Waals surface area contributed by atoms with Gasteiger partial charge in [-0.05, 0) is 35.6 Å². The lowest BCUT2D eigenvalue weighted by atomic mass is 9.83. The second-order valence-electron chi connectivity index (χ2n) is 9.08. The van der Waals surface area contributed by atoms with Gasteiger partial charge in [-0.3, -0.25) is 9.88 Å². The van der Waals surface area contributed by atoms with Gasteiger partial charge in [0.15, 0.2) is 9.84 Å². The van der Waals surface area contributed by atoms with E-state index in [-0.39, 0.29) is 29.4 Å². The van der Waals surface area contributed by atoms with Crippen molar-refractivity contribution < 1.29 is 17.9 Å². The number of hydrogen-bond acceptors (Lipinski definition) is 8. The second kappa shape index (κ2) is 9.11. The van der Waals surface area contributed by atoms with Gasteiger partial charge in [0.1, 0.15) is 6.10 Å². The molecule has 2 aliphatic rings. The number of rotatable bonds is 6. The summed E-state index contributed by atoms with van der Waals surface area (Å²) in [6.07, 6.45) is 4.28. The maximum Gasteiger partial charge on any atom is 0.414 e. The average Bonchev–Trinajstić information content (AvgIpc) is 3.54. The van der Waals surface area contributed by atoms with E-state index in [1.807, 2.05) is 37.3 Å². The molecule has 11 heteroatoms. The van der Waals surface area contributed by atoms with Gasteiger partial charge in [-0.15, -0.1) is 5.10 Å². The number of nitrogens with zero attached hydrogens (tertiary/aromatic N) is 6. The van der Waals surface area contributed by atoms with E-state index in [2.05, 4.69) is 21.4 Å². The first-order valence-electron chi connectivity index (χ1n) is 11.3. The number of benzene rings is 1. The normalized spacial score (nSPS) is 24.2. The van der Waals surface area contributed by atoms with Crippen molar-refractivity contribution in [2.24, 2.45) is 11.8 Å². The first-order valence-corrected chi connectivity index (χ1v) is 13.1. The molecule has 5 rings (SSSR count). The van der Waals surface area contributed by atoms with Gasteiger partial charge in [0.2, 0.25) is 0 Å². The summed E-state index contributed by atoms with van der Waals surface area (Å²) in [5.41, 5.74) is 3.08. The highest BCUT2D eigenvalue weighted by molar-refractivity contribution is 7.91. The minimum atomic E-state index is -3.11. The van der Waals surface area contributed by atoms with Crippen LogP contribution in [0.2, 0.25) is 0 Å². The number of amides is 1. The van der Waals surface area contributed by atoms with Gasteiger partial charge in [-0.2, -0.15) is 5.26 Å². The predicted octanol–water partition coefficient (Wildman–Crippen LogP) is 2.65. The van der Waals surface area contributed by atoms with Crippen molar-refractivity contribution >= 4 is 21.6 Å². The van der Waals surface area contributed by atoms with Gasteiger partial charge < -0.3 is 4.74 Å². The van der Waals surface area contributed by atoms with Crippen LogP contribution >= 0.6 is 0 Å². The molecule has 1 aromatic carbocycles. The quantitative estimate of drug-likeness (QED) is 0.513. The zero-order valence-electron chi connectivity index (χ0n) is 19.1. The molecule has 0 aliphatic carbocycles. The van der Waals surface area contributed by atoms with E-state index in [1.54, 1.807) is 34.2 Å². The van der Waals surface area contributed by atoms with Gasteiger partial charge in [0.25, 0.3) is 0 Å². The van der Waals surface area contributed by atoms with Crippen LogP contribution in [0.3, 0.4) is 0 Å². The van der Waals surface area contributed by atoms with Crippen LogP contribution in [0.1, 0.15) is 18.5 Å². The minimum Gasteiger partial charge on any atom is -0.442 e. The first-order chi connectivity index (χ1) is 16.8. The Morgan fingerprint density at radius 1 is 1.17 bits per heavy atom. The maximum atomic E-state index is 12.4. The molecule has 1 amide bonds. The second-order valence-corrected chi connectivity index (χ2v) is 11.2.